The fourth-order valence-electron chi connectivity index (χ4n) is 2.74. The highest BCUT2D eigenvalue weighted by Crippen LogP contribution is 2.11. The molecule has 1 aromatic heterocycles. The van der Waals surface area contributed by atoms with Gasteiger partial charge in [-0.25, -0.2) is 4.68 Å². The highest BCUT2D eigenvalue weighted by Gasteiger charge is 2.11. The van der Waals surface area contributed by atoms with Crippen LogP contribution in [0.3, 0.4) is 0 Å². The minimum absolute atomic E-state index is 0.590. The molecule has 0 aliphatic carbocycles. The first-order chi connectivity index (χ1) is 10.4. The normalized spacial score (nSPS) is 18.8. The molecule has 1 fully saturated rings. The molecule has 1 saturated heterocycles. The molecule has 1 aromatic carbocycles. The summed E-state index contributed by atoms with van der Waals surface area (Å²) in [6.45, 7) is 2.55. The zero-order valence-electron chi connectivity index (χ0n) is 12.4. The van der Waals surface area contributed by atoms with E-state index >= 15 is 0 Å². The monoisotopic (exact) mass is 285 g/mol. The average molecular weight is 285 g/mol. The number of nitrogens with zero attached hydrogens (tertiary/aromatic N) is 2. The summed E-state index contributed by atoms with van der Waals surface area (Å²) >= 11 is 0. The lowest BCUT2D eigenvalue weighted by atomic mass is 10.0. The van der Waals surface area contributed by atoms with E-state index in [9.17, 15) is 0 Å². The van der Waals surface area contributed by atoms with Crippen LogP contribution >= 0.6 is 0 Å². The Kier molecular flexibility index (Phi) is 5.03. The van der Waals surface area contributed by atoms with Crippen molar-refractivity contribution in [2.75, 3.05) is 13.2 Å². The molecule has 0 amide bonds. The van der Waals surface area contributed by atoms with Crippen molar-refractivity contribution in [3.8, 4) is 5.69 Å². The Morgan fingerprint density at radius 2 is 2.10 bits per heavy atom. The van der Waals surface area contributed by atoms with Gasteiger partial charge in [-0.2, -0.15) is 5.10 Å². The summed E-state index contributed by atoms with van der Waals surface area (Å²) in [6, 6.07) is 12.8. The Bertz CT molecular complexity index is 532. The van der Waals surface area contributed by atoms with Crippen molar-refractivity contribution < 1.29 is 4.74 Å². The molecule has 3 rings (SSSR count). The third-order valence-electron chi connectivity index (χ3n) is 3.94. The molecule has 1 aliphatic rings. The van der Waals surface area contributed by atoms with E-state index in [0.29, 0.717) is 12.6 Å². The third kappa shape index (κ3) is 4.16. The first-order valence-corrected chi connectivity index (χ1v) is 7.83. The molecule has 0 spiro atoms. The number of ether oxygens (including phenoxy) is 1. The van der Waals surface area contributed by atoms with Crippen LogP contribution in [0.5, 0.6) is 0 Å². The van der Waals surface area contributed by atoms with Crippen molar-refractivity contribution in [1.82, 2.24) is 15.1 Å². The lowest BCUT2D eigenvalue weighted by Gasteiger charge is -2.23. The summed E-state index contributed by atoms with van der Waals surface area (Å²) in [7, 11) is 0. The van der Waals surface area contributed by atoms with E-state index in [-0.39, 0.29) is 0 Å². The first kappa shape index (κ1) is 14.3. The maximum absolute atomic E-state index is 5.76. The van der Waals surface area contributed by atoms with Gasteiger partial charge in [0.15, 0.2) is 0 Å². The van der Waals surface area contributed by atoms with E-state index in [0.717, 1.165) is 31.0 Å². The molecule has 1 aliphatic heterocycles. The average Bonchev–Trinajstić information content (AvgIpc) is 3.02. The molecule has 1 atom stereocenters. The maximum Gasteiger partial charge on any atom is 0.0906 e. The van der Waals surface area contributed by atoms with Gasteiger partial charge in [-0.15, -0.1) is 0 Å². The van der Waals surface area contributed by atoms with Crippen LogP contribution < -0.4 is 5.32 Å². The van der Waals surface area contributed by atoms with E-state index in [2.05, 4.69) is 10.4 Å². The number of rotatable bonds is 6. The summed E-state index contributed by atoms with van der Waals surface area (Å²) in [5.41, 5.74) is 2.06. The topological polar surface area (TPSA) is 39.1 Å². The number of hydrogen-bond donors (Lipinski definition) is 1. The Hall–Kier alpha value is -1.65. The van der Waals surface area contributed by atoms with Crippen molar-refractivity contribution in [1.29, 1.82) is 0 Å². The van der Waals surface area contributed by atoms with Crippen LogP contribution in [-0.2, 0) is 11.3 Å². The summed E-state index contributed by atoms with van der Waals surface area (Å²) in [5.74, 6) is 0. The first-order valence-electron chi connectivity index (χ1n) is 7.83. The quantitative estimate of drug-likeness (QED) is 0.829. The van der Waals surface area contributed by atoms with Crippen LogP contribution in [0.15, 0.2) is 42.6 Å². The van der Waals surface area contributed by atoms with Gasteiger partial charge in [0.25, 0.3) is 0 Å². The molecule has 2 heterocycles. The molecule has 0 bridgehead atoms. The minimum atomic E-state index is 0.590. The van der Waals surface area contributed by atoms with Crippen molar-refractivity contribution in [2.24, 2.45) is 0 Å². The van der Waals surface area contributed by atoms with Crippen LogP contribution in [0.1, 0.15) is 31.4 Å². The van der Waals surface area contributed by atoms with Crippen LogP contribution in [0.4, 0.5) is 0 Å². The van der Waals surface area contributed by atoms with E-state index in [1.165, 1.54) is 19.3 Å². The van der Waals surface area contributed by atoms with Gasteiger partial charge < -0.3 is 10.1 Å². The number of para-hydroxylation sites is 1. The number of hydrogen-bond acceptors (Lipinski definition) is 3. The van der Waals surface area contributed by atoms with Gasteiger partial charge in [-0.3, -0.25) is 0 Å². The largest absolute Gasteiger partial charge is 0.375 e. The van der Waals surface area contributed by atoms with Crippen LogP contribution in [0, 0.1) is 0 Å². The van der Waals surface area contributed by atoms with Gasteiger partial charge in [0, 0.05) is 18.8 Å². The van der Waals surface area contributed by atoms with Crippen molar-refractivity contribution in [2.45, 2.75) is 38.3 Å². The molecule has 4 heteroatoms. The fraction of sp³-hybridized carbons (Fsp3) is 0.471. The third-order valence-corrected chi connectivity index (χ3v) is 3.94. The van der Waals surface area contributed by atoms with Gasteiger partial charge in [0.1, 0.15) is 0 Å². The van der Waals surface area contributed by atoms with E-state index < -0.39 is 0 Å². The summed E-state index contributed by atoms with van der Waals surface area (Å²) in [5, 5.41) is 8.08. The molecule has 0 radical (unpaired) electrons. The highest BCUT2D eigenvalue weighted by molar-refractivity contribution is 5.30. The predicted octanol–water partition coefficient (Wildman–Crippen LogP) is 2.92. The number of benzene rings is 1. The van der Waals surface area contributed by atoms with Crippen molar-refractivity contribution in [3.63, 3.8) is 0 Å². The highest BCUT2D eigenvalue weighted by atomic mass is 16.5. The van der Waals surface area contributed by atoms with Crippen LogP contribution in [-0.4, -0.2) is 29.0 Å². The maximum atomic E-state index is 5.76. The van der Waals surface area contributed by atoms with Gasteiger partial charge in [0.05, 0.1) is 18.0 Å². The molecule has 112 valence electrons. The van der Waals surface area contributed by atoms with E-state index in [4.69, 9.17) is 4.74 Å². The lowest BCUT2D eigenvalue weighted by Crippen LogP contribution is -2.34. The standard InChI is InChI=1S/C17H23N3O/c1-2-7-17(8-3-1)20-12-9-16(19-20)14-21-13-10-15-6-4-5-11-18-15/h1-3,7-9,12,15,18H,4-6,10-11,13-14H2. The fourth-order valence-corrected chi connectivity index (χ4v) is 2.74. The summed E-state index contributed by atoms with van der Waals surface area (Å²) < 4.78 is 7.65. The molecule has 21 heavy (non-hydrogen) atoms. The molecule has 1 N–H and O–H groups in total. The number of aromatic nitrogens is 2. The zero-order valence-corrected chi connectivity index (χ0v) is 12.4. The minimum Gasteiger partial charge on any atom is -0.375 e. The molecule has 1 unspecified atom stereocenters. The second kappa shape index (κ2) is 7.38. The van der Waals surface area contributed by atoms with Gasteiger partial charge >= 0.3 is 0 Å². The smallest absolute Gasteiger partial charge is 0.0906 e. The second-order valence-electron chi connectivity index (χ2n) is 5.58. The molecule has 0 saturated carbocycles. The van der Waals surface area contributed by atoms with Gasteiger partial charge in [-0.1, -0.05) is 24.6 Å². The van der Waals surface area contributed by atoms with E-state index in [1.54, 1.807) is 0 Å². The van der Waals surface area contributed by atoms with Crippen LogP contribution in [0.2, 0.25) is 0 Å². The lowest BCUT2D eigenvalue weighted by molar-refractivity contribution is 0.106. The SMILES string of the molecule is c1ccc(-n2ccc(COCCC3CCCCN3)n2)cc1. The summed E-state index contributed by atoms with van der Waals surface area (Å²) in [4.78, 5) is 0. The Morgan fingerprint density at radius 1 is 1.19 bits per heavy atom. The number of nitrogens with one attached hydrogen (secondary N) is 1. The molecular weight excluding hydrogens is 262 g/mol. The molecule has 4 nitrogen and oxygen atoms in total. The Morgan fingerprint density at radius 3 is 2.90 bits per heavy atom. The Balaban J connectivity index is 1.42. The van der Waals surface area contributed by atoms with E-state index in [1.807, 2.05) is 47.3 Å². The van der Waals surface area contributed by atoms with Gasteiger partial charge in [0.2, 0.25) is 0 Å². The second-order valence-corrected chi connectivity index (χ2v) is 5.58. The predicted molar refractivity (Wildman–Crippen MR) is 83.5 cm³/mol. The summed E-state index contributed by atoms with van der Waals surface area (Å²) in [6.07, 6.45) is 7.02. The zero-order chi connectivity index (χ0) is 14.3. The van der Waals surface area contributed by atoms with Crippen molar-refractivity contribution in [3.05, 3.63) is 48.3 Å². The number of piperidine rings is 1. The van der Waals surface area contributed by atoms with Gasteiger partial charge in [-0.05, 0) is 44.0 Å². The van der Waals surface area contributed by atoms with Crippen molar-refractivity contribution >= 4 is 0 Å². The Labute approximate surface area is 126 Å². The molecular formula is C17H23N3O. The molecule has 2 aromatic rings. The van der Waals surface area contributed by atoms with Crippen LogP contribution in [0.25, 0.3) is 5.69 Å².